The van der Waals surface area contributed by atoms with Crippen molar-refractivity contribution in [1.29, 1.82) is 0 Å². The van der Waals surface area contributed by atoms with Crippen LogP contribution in [0.3, 0.4) is 0 Å². The van der Waals surface area contributed by atoms with Crippen molar-refractivity contribution in [3.8, 4) is 45.8 Å². The van der Waals surface area contributed by atoms with Crippen LogP contribution in [0.15, 0.2) is 85.2 Å². The van der Waals surface area contributed by atoms with Crippen molar-refractivity contribution in [3.05, 3.63) is 85.2 Å². The summed E-state index contributed by atoms with van der Waals surface area (Å²) in [4.78, 5) is 47.9. The molecule has 0 N–H and O–H groups in total. The van der Waals surface area contributed by atoms with Crippen LogP contribution in [0.2, 0.25) is 0 Å². The third-order valence-corrected chi connectivity index (χ3v) is 7.03. The maximum absolute atomic E-state index is 9.40. The molecule has 0 saturated carbocycles. The molecule has 7 heterocycles. The maximum atomic E-state index is 9.40. The van der Waals surface area contributed by atoms with Crippen molar-refractivity contribution in [2.75, 3.05) is 6.26 Å². The number of fused-ring (bicyclic) bond motifs is 20. The van der Waals surface area contributed by atoms with Crippen LogP contribution >= 0.6 is 10.7 Å². The van der Waals surface area contributed by atoms with Crippen LogP contribution in [-0.4, -0.2) is 54.5 Å². The Morgan fingerprint density at radius 1 is 0.521 bits per heavy atom. The van der Waals surface area contributed by atoms with E-state index in [4.69, 9.17) is 39.9 Å². The Bertz CT molecular complexity index is 2300. The van der Waals surface area contributed by atoms with Crippen LogP contribution in [0.1, 0.15) is 14.9 Å². The molecule has 9 rings (SSSR count). The number of halogens is 1. The van der Waals surface area contributed by atoms with Crippen molar-refractivity contribution in [2.24, 2.45) is 0 Å². The van der Waals surface area contributed by atoms with Crippen LogP contribution in [0.5, 0.6) is 0 Å². The molecule has 0 amide bonds. The minimum Gasteiger partial charge on any atom is -0.357 e. The summed E-state index contributed by atoms with van der Waals surface area (Å²) in [5.41, 5.74) is 4.82. The first-order chi connectivity index (χ1) is 21.8. The van der Waals surface area contributed by atoms with E-state index in [1.807, 2.05) is 72.8 Å². The maximum Gasteiger partial charge on any atom is 2.00 e. The number of rotatable bonds is 0. The molecule has 0 atom stereocenters. The first-order valence-electron chi connectivity index (χ1n) is 13.5. The molecular weight excluding hydrogens is 699 g/mol. The zero-order valence-electron chi connectivity index (χ0n) is 23.5. The Morgan fingerprint density at radius 3 is 1.17 bits per heavy atom. The van der Waals surface area contributed by atoms with Gasteiger partial charge in [0.25, 0.3) is 0 Å². The van der Waals surface area contributed by atoms with E-state index in [0.29, 0.717) is 57.3 Å². The standard InChI is InChI=1S/C30H14N10.CH3ClO2S.2CH4.Cu/c1-3-9-17-15(7-1)23-33-25(17)37-29-22-20(12-6-14-32-22)28(40-29)36-24-16-8-2-4-10-18(16)26(34-24)38-30-21-19(11-5-13-31-21)27(35-23)39-30;1-5(2,3)4;;;/h1-14H;1H3;2*1H4;/q-2;;;;+2. The first-order valence-corrected chi connectivity index (χ1v) is 16.2. The van der Waals surface area contributed by atoms with Gasteiger partial charge in [0.2, 0.25) is 9.05 Å². The summed E-state index contributed by atoms with van der Waals surface area (Å²) < 4.78 is 18.8. The second-order valence-electron chi connectivity index (χ2n) is 10.1. The molecule has 12 nitrogen and oxygen atoms in total. The van der Waals surface area contributed by atoms with Gasteiger partial charge in [0, 0.05) is 56.8 Å². The predicted molar refractivity (Wildman–Crippen MR) is 184 cm³/mol. The smallest absolute Gasteiger partial charge is 0.357 e. The van der Waals surface area contributed by atoms with E-state index >= 15 is 0 Å². The van der Waals surface area contributed by atoms with Gasteiger partial charge in [-0.15, -0.1) is 0 Å². The minimum atomic E-state index is -3.19. The van der Waals surface area contributed by atoms with Gasteiger partial charge < -0.3 is 29.9 Å². The molecular formula is C33H25ClCuN10O2S. The van der Waals surface area contributed by atoms with Gasteiger partial charge in [-0.25, -0.2) is 18.4 Å². The molecule has 0 fully saturated rings. The molecule has 5 aromatic heterocycles. The number of aromatic nitrogens is 10. The van der Waals surface area contributed by atoms with Gasteiger partial charge in [-0.3, -0.25) is 9.97 Å². The van der Waals surface area contributed by atoms with E-state index in [2.05, 4.69) is 20.7 Å². The summed E-state index contributed by atoms with van der Waals surface area (Å²) in [5.74, 6) is 1.82. The zero-order valence-corrected chi connectivity index (χ0v) is 26.0. The minimum absolute atomic E-state index is 0. The third-order valence-electron chi connectivity index (χ3n) is 7.03. The fourth-order valence-corrected chi connectivity index (χ4v) is 5.21. The average molecular weight is 725 g/mol. The van der Waals surface area contributed by atoms with Crippen molar-refractivity contribution in [1.82, 2.24) is 49.8 Å². The molecule has 8 bridgehead atoms. The Balaban J connectivity index is 0.000000528. The van der Waals surface area contributed by atoms with Crippen molar-refractivity contribution in [3.63, 3.8) is 0 Å². The Morgan fingerprint density at radius 2 is 0.833 bits per heavy atom. The fourth-order valence-electron chi connectivity index (χ4n) is 5.21. The first kappa shape index (κ1) is 34.2. The molecule has 0 spiro atoms. The van der Waals surface area contributed by atoms with Gasteiger partial charge in [-0.1, -0.05) is 63.4 Å². The van der Waals surface area contributed by atoms with Gasteiger partial charge in [-0.05, 0) is 45.8 Å². The van der Waals surface area contributed by atoms with Gasteiger partial charge in [0.15, 0.2) is 0 Å². The van der Waals surface area contributed by atoms with Crippen LogP contribution in [0.4, 0.5) is 0 Å². The summed E-state index contributed by atoms with van der Waals surface area (Å²) in [7, 11) is 1.31. The molecule has 0 unspecified atom stereocenters. The van der Waals surface area contributed by atoms with Crippen molar-refractivity contribution in [2.45, 2.75) is 14.9 Å². The summed E-state index contributed by atoms with van der Waals surface area (Å²) in [5, 5.41) is 3.40. The third kappa shape index (κ3) is 6.14. The van der Waals surface area contributed by atoms with Crippen LogP contribution < -0.4 is 9.97 Å². The molecule has 7 aromatic rings. The fraction of sp³-hybridized carbons (Fsp3) is 0.0909. The Kier molecular flexibility index (Phi) is 9.38. The number of nitrogens with zero attached hydrogens (tertiary/aromatic N) is 10. The van der Waals surface area contributed by atoms with Crippen LogP contribution in [0.25, 0.3) is 89.9 Å². The Labute approximate surface area is 290 Å². The summed E-state index contributed by atoms with van der Waals surface area (Å²) in [6.07, 6.45) is 4.36. The van der Waals surface area contributed by atoms with Gasteiger partial charge in [0.1, 0.15) is 23.0 Å². The molecule has 48 heavy (non-hydrogen) atoms. The summed E-state index contributed by atoms with van der Waals surface area (Å²) in [6.45, 7) is 0. The molecule has 2 aromatic carbocycles. The van der Waals surface area contributed by atoms with E-state index < -0.39 is 9.05 Å². The largest absolute Gasteiger partial charge is 2.00 e. The molecule has 0 aliphatic carbocycles. The van der Waals surface area contributed by atoms with E-state index in [0.717, 1.165) is 38.9 Å². The number of hydrogen-bond acceptors (Lipinski definition) is 10. The van der Waals surface area contributed by atoms with Crippen molar-refractivity contribution >= 4 is 63.9 Å². The number of benzene rings is 2. The number of pyridine rings is 2. The van der Waals surface area contributed by atoms with Crippen LogP contribution in [0, 0.1) is 0 Å². The van der Waals surface area contributed by atoms with Gasteiger partial charge in [0.05, 0.1) is 17.9 Å². The predicted octanol–water partition coefficient (Wildman–Crippen LogP) is 6.37. The monoisotopic (exact) mass is 723 g/mol. The van der Waals surface area contributed by atoms with Crippen molar-refractivity contribution < 1.29 is 25.5 Å². The molecule has 1 radical (unpaired) electrons. The molecule has 243 valence electrons. The van der Waals surface area contributed by atoms with Gasteiger partial charge in [-0.2, -0.15) is 0 Å². The summed E-state index contributed by atoms with van der Waals surface area (Å²) >= 11 is 0. The molecule has 0 saturated heterocycles. The number of hydrogen-bond donors (Lipinski definition) is 0. The summed E-state index contributed by atoms with van der Waals surface area (Å²) in [6, 6.07) is 23.3. The second kappa shape index (κ2) is 13.2. The van der Waals surface area contributed by atoms with Gasteiger partial charge >= 0.3 is 17.1 Å². The zero-order chi connectivity index (χ0) is 30.7. The topological polar surface area (TPSA) is 165 Å². The Hall–Kier alpha value is -5.14. The molecule has 15 heteroatoms. The van der Waals surface area contributed by atoms with E-state index in [1.54, 1.807) is 12.4 Å². The molecule has 2 aliphatic heterocycles. The average Bonchev–Trinajstić information content (AvgIpc) is 3.76. The molecule has 2 aliphatic rings. The van der Waals surface area contributed by atoms with Crippen LogP contribution in [-0.2, 0) is 26.1 Å². The quantitative estimate of drug-likeness (QED) is 0.125. The SMILES string of the molecule is C.C.CS(=O)(=O)Cl.[Cu+2].c1cnc2c(c1)-c1nc-2nc2[n-]c(nc3nc(nc4[n-]c(n1)c1ccccc41)-c1ncccc1-3)c1ccccc21. The second-order valence-corrected chi connectivity index (χ2v) is 13.1. The van der Waals surface area contributed by atoms with E-state index in [9.17, 15) is 8.42 Å². The van der Waals surface area contributed by atoms with E-state index in [1.165, 1.54) is 0 Å². The van der Waals surface area contributed by atoms with E-state index in [-0.39, 0.29) is 31.9 Å². The normalized spacial score (nSPS) is 11.2.